The highest BCUT2D eigenvalue weighted by atomic mass is 19.4. The summed E-state index contributed by atoms with van der Waals surface area (Å²) < 4.78 is 37.4. The Morgan fingerprint density at radius 2 is 2.17 bits per heavy atom. The third-order valence-corrected chi connectivity index (χ3v) is 2.05. The van der Waals surface area contributed by atoms with E-state index in [4.69, 9.17) is 12.2 Å². The fourth-order valence-electron chi connectivity index (χ4n) is 1.17. The molecule has 1 aromatic heterocycles. The molecule has 0 aliphatic rings. The van der Waals surface area contributed by atoms with Crippen LogP contribution in [0, 0.1) is 12.3 Å². The molecule has 3 N–H and O–H groups in total. The molecule has 1 aromatic rings. The van der Waals surface area contributed by atoms with Crippen molar-refractivity contribution in [2.24, 2.45) is 5.73 Å². The Labute approximate surface area is 101 Å². The summed E-state index contributed by atoms with van der Waals surface area (Å²) >= 11 is 0. The van der Waals surface area contributed by atoms with Gasteiger partial charge in [-0.2, -0.15) is 13.2 Å². The number of aromatic nitrogens is 1. The molecule has 0 aliphatic carbocycles. The number of amides is 1. The Morgan fingerprint density at radius 3 is 2.61 bits per heavy atom. The van der Waals surface area contributed by atoms with Gasteiger partial charge in [-0.25, -0.2) is 4.98 Å². The van der Waals surface area contributed by atoms with Gasteiger partial charge in [-0.05, 0) is 19.1 Å². The minimum Gasteiger partial charge on any atom is -0.365 e. The number of nitrogens with zero attached hydrogens (tertiary/aromatic N) is 1. The molecule has 1 amide bonds. The fourth-order valence-corrected chi connectivity index (χ4v) is 1.17. The van der Waals surface area contributed by atoms with E-state index in [1.54, 1.807) is 0 Å². The largest absolute Gasteiger partial charge is 0.433 e. The number of pyridine rings is 1. The topological polar surface area (TPSA) is 68.0 Å². The summed E-state index contributed by atoms with van der Waals surface area (Å²) in [7, 11) is 0. The van der Waals surface area contributed by atoms with Crippen molar-refractivity contribution in [2.75, 3.05) is 5.32 Å². The van der Waals surface area contributed by atoms with Crippen LogP contribution in [-0.4, -0.2) is 16.9 Å². The third kappa shape index (κ3) is 3.13. The molecule has 96 valence electrons. The lowest BCUT2D eigenvalue weighted by Crippen LogP contribution is -2.21. The molecule has 18 heavy (non-hydrogen) atoms. The van der Waals surface area contributed by atoms with Crippen molar-refractivity contribution in [3.8, 4) is 12.3 Å². The smallest absolute Gasteiger partial charge is 0.365 e. The summed E-state index contributed by atoms with van der Waals surface area (Å²) in [5.41, 5.74) is 3.77. The number of halogens is 3. The molecule has 0 saturated heterocycles. The van der Waals surface area contributed by atoms with Gasteiger partial charge in [0.1, 0.15) is 11.5 Å². The molecular formula is C11H10F3N3O. The van der Waals surface area contributed by atoms with E-state index in [0.717, 1.165) is 6.07 Å². The van der Waals surface area contributed by atoms with Crippen molar-refractivity contribution in [1.29, 1.82) is 0 Å². The van der Waals surface area contributed by atoms with Gasteiger partial charge in [-0.3, -0.25) is 4.79 Å². The standard InChI is InChI=1S/C11H10F3N3O/c1-3-6(2)16-10-7(9(15)18)4-5-8(17-10)11(12,13)14/h1,4-6H,2H3,(H2,15,18)(H,16,17). The van der Waals surface area contributed by atoms with Crippen molar-refractivity contribution < 1.29 is 18.0 Å². The Balaban J connectivity index is 3.25. The van der Waals surface area contributed by atoms with E-state index in [2.05, 4.69) is 16.2 Å². The number of anilines is 1. The Bertz CT molecular complexity index is 505. The van der Waals surface area contributed by atoms with E-state index in [0.29, 0.717) is 6.07 Å². The van der Waals surface area contributed by atoms with E-state index < -0.39 is 23.8 Å². The highest BCUT2D eigenvalue weighted by molar-refractivity contribution is 5.97. The van der Waals surface area contributed by atoms with Gasteiger partial charge in [0.15, 0.2) is 0 Å². The number of hydrogen-bond donors (Lipinski definition) is 2. The first-order valence-corrected chi connectivity index (χ1v) is 4.86. The average Bonchev–Trinajstić information content (AvgIpc) is 2.27. The third-order valence-electron chi connectivity index (χ3n) is 2.05. The highest BCUT2D eigenvalue weighted by Crippen LogP contribution is 2.29. The fraction of sp³-hybridized carbons (Fsp3) is 0.273. The molecule has 0 fully saturated rings. The van der Waals surface area contributed by atoms with Gasteiger partial charge in [0.2, 0.25) is 0 Å². The molecule has 1 rings (SSSR count). The van der Waals surface area contributed by atoms with Gasteiger partial charge in [0.25, 0.3) is 5.91 Å². The molecule has 0 spiro atoms. The molecule has 1 unspecified atom stereocenters. The van der Waals surface area contributed by atoms with Gasteiger partial charge in [0, 0.05) is 0 Å². The lowest BCUT2D eigenvalue weighted by Gasteiger charge is -2.14. The number of terminal acetylenes is 1. The predicted molar refractivity (Wildman–Crippen MR) is 59.7 cm³/mol. The number of carbonyl (C=O) groups excluding carboxylic acids is 1. The van der Waals surface area contributed by atoms with Crippen molar-refractivity contribution in [3.05, 3.63) is 23.4 Å². The average molecular weight is 257 g/mol. The normalized spacial score (nSPS) is 12.6. The van der Waals surface area contributed by atoms with Crippen LogP contribution < -0.4 is 11.1 Å². The van der Waals surface area contributed by atoms with Crippen LogP contribution >= 0.6 is 0 Å². The maximum Gasteiger partial charge on any atom is 0.433 e. The summed E-state index contributed by atoms with van der Waals surface area (Å²) in [5, 5.41) is 2.51. The molecule has 7 heteroatoms. The van der Waals surface area contributed by atoms with Gasteiger partial charge in [-0.1, -0.05) is 5.92 Å². The SMILES string of the molecule is C#CC(C)Nc1nc(C(F)(F)F)ccc1C(N)=O. The zero-order valence-electron chi connectivity index (χ0n) is 9.38. The highest BCUT2D eigenvalue weighted by Gasteiger charge is 2.33. The molecule has 0 aliphatic heterocycles. The van der Waals surface area contributed by atoms with Crippen LogP contribution in [0.1, 0.15) is 23.0 Å². The first-order chi connectivity index (χ1) is 8.25. The number of rotatable bonds is 3. The van der Waals surface area contributed by atoms with Crippen LogP contribution in [0.4, 0.5) is 19.0 Å². The zero-order valence-corrected chi connectivity index (χ0v) is 9.38. The summed E-state index contributed by atoms with van der Waals surface area (Å²) in [5.74, 6) is 1.09. The van der Waals surface area contributed by atoms with Gasteiger partial charge < -0.3 is 11.1 Å². The van der Waals surface area contributed by atoms with Crippen LogP contribution in [0.15, 0.2) is 12.1 Å². The summed E-state index contributed by atoms with van der Waals surface area (Å²) in [4.78, 5) is 14.4. The first kappa shape index (κ1) is 13.8. The molecule has 0 saturated carbocycles. The second-order valence-electron chi connectivity index (χ2n) is 3.49. The van der Waals surface area contributed by atoms with Crippen LogP contribution in [0.5, 0.6) is 0 Å². The minimum atomic E-state index is -4.61. The van der Waals surface area contributed by atoms with E-state index in [1.165, 1.54) is 6.92 Å². The van der Waals surface area contributed by atoms with Crippen molar-refractivity contribution in [1.82, 2.24) is 4.98 Å². The Kier molecular flexibility index (Phi) is 3.81. The minimum absolute atomic E-state index is 0.148. The second-order valence-corrected chi connectivity index (χ2v) is 3.49. The lowest BCUT2D eigenvalue weighted by atomic mass is 10.2. The molecule has 0 aromatic carbocycles. The Hall–Kier alpha value is -2.23. The number of primary amides is 1. The number of nitrogens with one attached hydrogen (secondary N) is 1. The summed E-state index contributed by atoms with van der Waals surface area (Å²) in [6, 6.07) is 1.06. The molecular weight excluding hydrogens is 247 g/mol. The number of nitrogens with two attached hydrogens (primary N) is 1. The molecule has 0 bridgehead atoms. The van der Waals surface area contributed by atoms with E-state index >= 15 is 0 Å². The summed E-state index contributed by atoms with van der Waals surface area (Å²) in [6.45, 7) is 1.53. The van der Waals surface area contributed by atoms with E-state index in [-0.39, 0.29) is 11.4 Å². The second kappa shape index (κ2) is 4.96. The van der Waals surface area contributed by atoms with E-state index in [1.807, 2.05) is 0 Å². The van der Waals surface area contributed by atoms with Crippen molar-refractivity contribution in [3.63, 3.8) is 0 Å². The molecule has 4 nitrogen and oxygen atoms in total. The van der Waals surface area contributed by atoms with Crippen LogP contribution in [0.3, 0.4) is 0 Å². The van der Waals surface area contributed by atoms with Gasteiger partial charge in [0.05, 0.1) is 11.6 Å². The van der Waals surface area contributed by atoms with Gasteiger partial charge >= 0.3 is 6.18 Å². The van der Waals surface area contributed by atoms with Crippen molar-refractivity contribution >= 4 is 11.7 Å². The van der Waals surface area contributed by atoms with Crippen LogP contribution in [-0.2, 0) is 6.18 Å². The molecule has 1 atom stereocenters. The maximum absolute atomic E-state index is 12.5. The number of alkyl halides is 3. The van der Waals surface area contributed by atoms with Crippen LogP contribution in [0.25, 0.3) is 0 Å². The first-order valence-electron chi connectivity index (χ1n) is 4.86. The summed E-state index contributed by atoms with van der Waals surface area (Å²) in [6.07, 6.45) is 0.486. The van der Waals surface area contributed by atoms with Crippen molar-refractivity contribution in [2.45, 2.75) is 19.1 Å². The quantitative estimate of drug-likeness (QED) is 0.809. The molecule has 0 radical (unpaired) electrons. The Morgan fingerprint density at radius 1 is 1.56 bits per heavy atom. The predicted octanol–water partition coefficient (Wildman–Crippen LogP) is 1.63. The zero-order chi connectivity index (χ0) is 13.9. The molecule has 1 heterocycles. The van der Waals surface area contributed by atoms with Gasteiger partial charge in [-0.15, -0.1) is 6.42 Å². The number of carbonyl (C=O) groups is 1. The maximum atomic E-state index is 12.5. The monoisotopic (exact) mass is 257 g/mol. The number of hydrogen-bond acceptors (Lipinski definition) is 3. The lowest BCUT2D eigenvalue weighted by molar-refractivity contribution is -0.141. The van der Waals surface area contributed by atoms with Crippen LogP contribution in [0.2, 0.25) is 0 Å². The van der Waals surface area contributed by atoms with E-state index in [9.17, 15) is 18.0 Å².